The molecule has 0 spiro atoms. The van der Waals surface area contributed by atoms with E-state index in [0.717, 1.165) is 49.9 Å². The van der Waals surface area contributed by atoms with Crippen molar-refractivity contribution < 1.29 is 9.59 Å². The van der Waals surface area contributed by atoms with E-state index < -0.39 is 0 Å². The molecule has 0 fully saturated rings. The lowest BCUT2D eigenvalue weighted by Gasteiger charge is -2.06. The minimum Gasteiger partial charge on any atom is -0.326 e. The second-order valence-electron chi connectivity index (χ2n) is 7.44. The molecule has 2 amide bonds. The summed E-state index contributed by atoms with van der Waals surface area (Å²) >= 11 is 11.7. The van der Waals surface area contributed by atoms with E-state index in [2.05, 4.69) is 10.6 Å². The Balaban J connectivity index is 1.40. The number of hydrogen-bond acceptors (Lipinski definition) is 2. The summed E-state index contributed by atoms with van der Waals surface area (Å²) in [4.78, 5) is 23.8. The van der Waals surface area contributed by atoms with Crippen LogP contribution in [0.15, 0.2) is 48.5 Å². The highest BCUT2D eigenvalue weighted by Gasteiger charge is 2.04. The first kappa shape index (κ1) is 24.2. The van der Waals surface area contributed by atoms with Gasteiger partial charge in [-0.25, -0.2) is 0 Å². The maximum absolute atomic E-state index is 11.9. The lowest BCUT2D eigenvalue weighted by atomic mass is 10.1. The molecule has 0 atom stereocenters. The number of hydrogen-bond donors (Lipinski definition) is 2. The molecule has 0 heterocycles. The van der Waals surface area contributed by atoms with Crippen molar-refractivity contribution in [1.29, 1.82) is 0 Å². The van der Waals surface area contributed by atoms with E-state index in [1.165, 1.54) is 12.8 Å². The van der Waals surface area contributed by atoms with E-state index in [1.54, 1.807) is 24.3 Å². The minimum absolute atomic E-state index is 0.0502. The fraction of sp³-hybridized carbons (Fsp3) is 0.417. The first-order chi connectivity index (χ1) is 14.5. The molecule has 0 saturated heterocycles. The third-order valence-electron chi connectivity index (χ3n) is 4.81. The van der Waals surface area contributed by atoms with Crippen LogP contribution in [0.1, 0.15) is 64.2 Å². The third-order valence-corrected chi connectivity index (χ3v) is 5.32. The molecule has 0 aromatic heterocycles. The summed E-state index contributed by atoms with van der Waals surface area (Å²) in [5, 5.41) is 7.09. The number of carbonyl (C=O) groups is 2. The number of benzene rings is 2. The molecule has 2 aromatic carbocycles. The van der Waals surface area contributed by atoms with Crippen molar-refractivity contribution in [2.24, 2.45) is 0 Å². The summed E-state index contributed by atoms with van der Waals surface area (Å²) < 4.78 is 0. The van der Waals surface area contributed by atoms with Crippen LogP contribution in [0.4, 0.5) is 11.4 Å². The van der Waals surface area contributed by atoms with Gasteiger partial charge in [0.15, 0.2) is 0 Å². The topological polar surface area (TPSA) is 58.2 Å². The van der Waals surface area contributed by atoms with Gasteiger partial charge in [-0.15, -0.1) is 0 Å². The maximum Gasteiger partial charge on any atom is 0.224 e. The molecule has 0 aliphatic heterocycles. The van der Waals surface area contributed by atoms with Crippen molar-refractivity contribution in [1.82, 2.24) is 0 Å². The quantitative estimate of drug-likeness (QED) is 0.312. The van der Waals surface area contributed by atoms with Crippen LogP contribution in [-0.4, -0.2) is 11.8 Å². The third kappa shape index (κ3) is 10.7. The molecule has 6 heteroatoms. The van der Waals surface area contributed by atoms with Crippen molar-refractivity contribution in [3.63, 3.8) is 0 Å². The molecule has 30 heavy (non-hydrogen) atoms. The zero-order valence-corrected chi connectivity index (χ0v) is 18.8. The molecule has 0 bridgehead atoms. The Morgan fingerprint density at radius 2 is 0.833 bits per heavy atom. The molecule has 0 radical (unpaired) electrons. The first-order valence-corrected chi connectivity index (χ1v) is 11.4. The summed E-state index contributed by atoms with van der Waals surface area (Å²) in [6, 6.07) is 14.3. The van der Waals surface area contributed by atoms with Gasteiger partial charge in [-0.2, -0.15) is 0 Å². The average Bonchev–Trinajstić information content (AvgIpc) is 2.73. The van der Waals surface area contributed by atoms with Gasteiger partial charge in [-0.05, 0) is 61.4 Å². The number of carbonyl (C=O) groups excluding carboxylic acids is 2. The standard InChI is InChI=1S/C24H30Cl2N2O2/c25-19-11-15-21(16-12-19)27-23(29)9-7-5-3-1-2-4-6-8-10-24(30)28-22-17-13-20(26)14-18-22/h11-18H,1-10H2,(H,27,29)(H,28,30). The fourth-order valence-corrected chi connectivity index (χ4v) is 3.40. The van der Waals surface area contributed by atoms with Crippen molar-refractivity contribution in [3.05, 3.63) is 58.6 Å². The highest BCUT2D eigenvalue weighted by molar-refractivity contribution is 6.30. The summed E-state index contributed by atoms with van der Waals surface area (Å²) in [5.41, 5.74) is 1.57. The van der Waals surface area contributed by atoms with Gasteiger partial charge in [0, 0.05) is 34.3 Å². The Bertz CT molecular complexity index is 709. The molecule has 2 rings (SSSR count). The highest BCUT2D eigenvalue weighted by atomic mass is 35.5. The SMILES string of the molecule is O=C(CCCCCCCCCCC(=O)Nc1ccc(Cl)cc1)Nc1ccc(Cl)cc1. The van der Waals surface area contributed by atoms with E-state index in [4.69, 9.17) is 23.2 Å². The van der Waals surface area contributed by atoms with Crippen LogP contribution in [0.5, 0.6) is 0 Å². The van der Waals surface area contributed by atoms with Gasteiger partial charge >= 0.3 is 0 Å². The summed E-state index contributed by atoms with van der Waals surface area (Å²) in [6.07, 6.45) is 9.68. The highest BCUT2D eigenvalue weighted by Crippen LogP contribution is 2.16. The fourth-order valence-electron chi connectivity index (χ4n) is 3.15. The van der Waals surface area contributed by atoms with Gasteiger partial charge in [0.2, 0.25) is 11.8 Å². The normalized spacial score (nSPS) is 10.6. The van der Waals surface area contributed by atoms with Crippen molar-refractivity contribution in [3.8, 4) is 0 Å². The smallest absolute Gasteiger partial charge is 0.224 e. The molecule has 2 aromatic rings. The lowest BCUT2D eigenvalue weighted by molar-refractivity contribution is -0.117. The van der Waals surface area contributed by atoms with Gasteiger partial charge < -0.3 is 10.6 Å². The molecule has 0 saturated carbocycles. The van der Waals surface area contributed by atoms with Crippen LogP contribution in [0.3, 0.4) is 0 Å². The van der Waals surface area contributed by atoms with Gasteiger partial charge in [0.25, 0.3) is 0 Å². The number of nitrogens with one attached hydrogen (secondary N) is 2. The zero-order chi connectivity index (χ0) is 21.6. The zero-order valence-electron chi connectivity index (χ0n) is 17.3. The van der Waals surface area contributed by atoms with Crippen LogP contribution in [0.25, 0.3) is 0 Å². The minimum atomic E-state index is 0.0502. The number of rotatable bonds is 13. The van der Waals surface area contributed by atoms with Crippen molar-refractivity contribution >= 4 is 46.4 Å². The van der Waals surface area contributed by atoms with Crippen molar-refractivity contribution in [2.75, 3.05) is 10.6 Å². The van der Waals surface area contributed by atoms with Gasteiger partial charge in [0.1, 0.15) is 0 Å². The predicted molar refractivity (Wildman–Crippen MR) is 126 cm³/mol. The summed E-state index contributed by atoms with van der Waals surface area (Å²) in [7, 11) is 0. The van der Waals surface area contributed by atoms with E-state index >= 15 is 0 Å². The Kier molecular flexibility index (Phi) is 11.3. The molecule has 2 N–H and O–H groups in total. The molecule has 162 valence electrons. The molecular weight excluding hydrogens is 419 g/mol. The van der Waals surface area contributed by atoms with E-state index in [0.29, 0.717) is 22.9 Å². The summed E-state index contributed by atoms with van der Waals surface area (Å²) in [5.74, 6) is 0.100. The van der Waals surface area contributed by atoms with E-state index in [9.17, 15) is 9.59 Å². The van der Waals surface area contributed by atoms with Crippen LogP contribution in [0.2, 0.25) is 10.0 Å². The number of anilines is 2. The lowest BCUT2D eigenvalue weighted by Crippen LogP contribution is -2.10. The number of unbranched alkanes of at least 4 members (excludes halogenated alkanes) is 7. The van der Waals surface area contributed by atoms with Crippen LogP contribution in [0, 0.1) is 0 Å². The van der Waals surface area contributed by atoms with Gasteiger partial charge in [-0.1, -0.05) is 61.7 Å². The molecular formula is C24H30Cl2N2O2. The monoisotopic (exact) mass is 448 g/mol. The Morgan fingerprint density at radius 1 is 0.533 bits per heavy atom. The molecule has 0 aliphatic carbocycles. The number of amides is 2. The van der Waals surface area contributed by atoms with E-state index in [1.807, 2.05) is 24.3 Å². The Labute approximate surface area is 189 Å². The van der Waals surface area contributed by atoms with Crippen LogP contribution < -0.4 is 10.6 Å². The van der Waals surface area contributed by atoms with Gasteiger partial charge in [0.05, 0.1) is 0 Å². The van der Waals surface area contributed by atoms with E-state index in [-0.39, 0.29) is 11.8 Å². The summed E-state index contributed by atoms with van der Waals surface area (Å²) in [6.45, 7) is 0. The number of halogens is 2. The molecule has 0 unspecified atom stereocenters. The Morgan fingerprint density at radius 3 is 1.17 bits per heavy atom. The van der Waals surface area contributed by atoms with Crippen LogP contribution in [-0.2, 0) is 9.59 Å². The second kappa shape index (κ2) is 14.1. The van der Waals surface area contributed by atoms with Crippen LogP contribution >= 0.6 is 23.2 Å². The Hall–Kier alpha value is -2.04. The van der Waals surface area contributed by atoms with Gasteiger partial charge in [-0.3, -0.25) is 9.59 Å². The molecule has 0 aliphatic rings. The largest absolute Gasteiger partial charge is 0.326 e. The maximum atomic E-state index is 11.9. The average molecular weight is 449 g/mol. The first-order valence-electron chi connectivity index (χ1n) is 10.6. The second-order valence-corrected chi connectivity index (χ2v) is 8.31. The van der Waals surface area contributed by atoms with Crippen molar-refractivity contribution in [2.45, 2.75) is 64.2 Å². The molecule has 4 nitrogen and oxygen atoms in total. The predicted octanol–water partition coefficient (Wildman–Crippen LogP) is 7.47.